The van der Waals surface area contributed by atoms with Crippen molar-refractivity contribution < 1.29 is 21.6 Å². The van der Waals surface area contributed by atoms with E-state index in [9.17, 15) is 21.6 Å². The zero-order valence-electron chi connectivity index (χ0n) is 16.9. The fraction of sp³-hybridized carbons (Fsp3) is 0.364. The van der Waals surface area contributed by atoms with Crippen LogP contribution in [-0.2, 0) is 10.0 Å². The summed E-state index contributed by atoms with van der Waals surface area (Å²) in [6, 6.07) is 14.3. The molecule has 0 amide bonds. The van der Waals surface area contributed by atoms with Crippen molar-refractivity contribution in [2.45, 2.75) is 36.7 Å². The minimum absolute atomic E-state index is 0.0380. The van der Waals surface area contributed by atoms with Gasteiger partial charge in [-0.3, -0.25) is 0 Å². The van der Waals surface area contributed by atoms with Crippen LogP contribution in [0.2, 0.25) is 0 Å². The first-order chi connectivity index (χ1) is 13.8. The molecule has 0 saturated carbocycles. The van der Waals surface area contributed by atoms with Crippen LogP contribution in [0.3, 0.4) is 0 Å². The van der Waals surface area contributed by atoms with Crippen LogP contribution in [0.1, 0.15) is 25.0 Å². The van der Waals surface area contributed by atoms with Crippen molar-refractivity contribution >= 4 is 27.2 Å². The lowest BCUT2D eigenvalue weighted by Gasteiger charge is -2.41. The molecule has 1 heterocycles. The first-order valence-corrected chi connectivity index (χ1v) is 11.2. The van der Waals surface area contributed by atoms with Crippen molar-refractivity contribution in [2.75, 3.05) is 13.1 Å². The van der Waals surface area contributed by atoms with Gasteiger partial charge in [0.05, 0.1) is 10.5 Å². The van der Waals surface area contributed by atoms with Crippen molar-refractivity contribution in [3.63, 3.8) is 0 Å². The summed E-state index contributed by atoms with van der Waals surface area (Å²) in [4.78, 5) is -1.15. The van der Waals surface area contributed by atoms with E-state index in [1.54, 1.807) is 63.2 Å². The van der Waals surface area contributed by atoms with Crippen LogP contribution < -0.4 is 0 Å². The molecule has 1 aliphatic rings. The highest BCUT2D eigenvalue weighted by atomic mass is 35.5. The molecule has 0 fully saturated rings. The molecule has 1 atom stereocenters. The van der Waals surface area contributed by atoms with Gasteiger partial charge < -0.3 is 0 Å². The number of alkyl halides is 4. The molecule has 1 aliphatic heterocycles. The molecule has 30 heavy (non-hydrogen) atoms. The Morgan fingerprint density at radius 3 is 2.07 bits per heavy atom. The zero-order valence-corrected chi connectivity index (χ0v) is 18.4. The largest absolute Gasteiger partial charge is 0.414 e. The van der Waals surface area contributed by atoms with E-state index in [-0.39, 0.29) is 17.0 Å². The van der Waals surface area contributed by atoms with Gasteiger partial charge in [-0.2, -0.15) is 17.5 Å². The molecule has 3 nitrogen and oxygen atoms in total. The maximum absolute atomic E-state index is 14.1. The summed E-state index contributed by atoms with van der Waals surface area (Å²) in [6.07, 6.45) is -4.70. The first kappa shape index (κ1) is 22.8. The lowest BCUT2D eigenvalue weighted by atomic mass is 9.78. The third-order valence-corrected chi connectivity index (χ3v) is 7.40. The van der Waals surface area contributed by atoms with Crippen LogP contribution in [-0.4, -0.2) is 36.9 Å². The van der Waals surface area contributed by atoms with Gasteiger partial charge in [0.15, 0.2) is 0 Å². The summed E-state index contributed by atoms with van der Waals surface area (Å²) in [6.45, 7) is 4.13. The number of hydrogen-bond donors (Lipinski definition) is 0. The monoisotopic (exact) mass is 457 g/mol. The molecule has 8 heteroatoms. The molecule has 0 unspecified atom stereocenters. The second-order valence-electron chi connectivity index (χ2n) is 7.98. The fourth-order valence-electron chi connectivity index (χ4n) is 3.67. The van der Waals surface area contributed by atoms with Gasteiger partial charge in [0.1, 0.15) is 0 Å². The van der Waals surface area contributed by atoms with E-state index in [2.05, 4.69) is 0 Å². The summed E-state index contributed by atoms with van der Waals surface area (Å²) in [5, 5.41) is 0. The van der Waals surface area contributed by atoms with Gasteiger partial charge >= 0.3 is 6.18 Å². The molecule has 0 N–H and O–H groups in total. The van der Waals surface area contributed by atoms with E-state index in [0.29, 0.717) is 5.56 Å². The number of aryl methyl sites for hydroxylation is 1. The molecule has 0 bridgehead atoms. The van der Waals surface area contributed by atoms with E-state index in [1.165, 1.54) is 12.1 Å². The highest BCUT2D eigenvalue weighted by Crippen LogP contribution is 2.46. The molecule has 3 rings (SSSR count). The van der Waals surface area contributed by atoms with Gasteiger partial charge in [0.2, 0.25) is 10.0 Å². The molecule has 0 aromatic heterocycles. The first-order valence-electron chi connectivity index (χ1n) is 9.43. The van der Waals surface area contributed by atoms with Crippen LogP contribution in [0.15, 0.2) is 65.1 Å². The minimum Gasteiger partial charge on any atom is -0.207 e. The van der Waals surface area contributed by atoms with Crippen LogP contribution in [0.4, 0.5) is 13.2 Å². The molecular weight excluding hydrogens is 435 g/mol. The molecular formula is C22H23ClF3NO2S. The van der Waals surface area contributed by atoms with Crippen molar-refractivity contribution in [2.24, 2.45) is 5.92 Å². The number of halogens is 4. The Hall–Kier alpha value is -1.83. The van der Waals surface area contributed by atoms with Crippen LogP contribution >= 0.6 is 11.6 Å². The Morgan fingerprint density at radius 2 is 1.57 bits per heavy atom. The summed E-state index contributed by atoms with van der Waals surface area (Å²) in [5.41, 5.74) is 0.429. The number of rotatable bonds is 4. The van der Waals surface area contributed by atoms with Crippen molar-refractivity contribution in [1.29, 1.82) is 0 Å². The Balaban J connectivity index is 2.19. The van der Waals surface area contributed by atoms with Gasteiger partial charge in [-0.15, -0.1) is 11.6 Å². The second-order valence-corrected chi connectivity index (χ2v) is 10.9. The lowest BCUT2D eigenvalue weighted by Crippen LogP contribution is -2.48. The summed E-state index contributed by atoms with van der Waals surface area (Å²) < 4.78 is 69.6. The standard InChI is InChI=1S/C22H23ClF3NO2S/c1-15-9-11-17(12-10-15)30(28,29)27-13-18(21(2,3)23)20(16-7-5-4-6-8-16)19(14-27)22(24,25)26/h4-12,18H,13-14H2,1-3H3/t18-/m0/s1. The number of sulfonamides is 1. The van der Waals surface area contributed by atoms with Crippen LogP contribution in [0.5, 0.6) is 0 Å². The zero-order chi connectivity index (χ0) is 22.3. The Morgan fingerprint density at radius 1 is 1.00 bits per heavy atom. The smallest absolute Gasteiger partial charge is 0.207 e. The van der Waals surface area contributed by atoms with E-state index < -0.39 is 39.1 Å². The third kappa shape index (κ3) is 4.58. The highest BCUT2D eigenvalue weighted by molar-refractivity contribution is 7.89. The number of benzene rings is 2. The maximum atomic E-state index is 14.1. The minimum atomic E-state index is -4.70. The quantitative estimate of drug-likeness (QED) is 0.556. The van der Waals surface area contributed by atoms with E-state index in [0.717, 1.165) is 9.87 Å². The van der Waals surface area contributed by atoms with Gasteiger partial charge in [-0.1, -0.05) is 48.0 Å². The molecule has 0 aliphatic carbocycles. The Kier molecular flexibility index (Phi) is 6.11. The lowest BCUT2D eigenvalue weighted by molar-refractivity contribution is -0.0952. The van der Waals surface area contributed by atoms with Crippen molar-refractivity contribution in [3.8, 4) is 0 Å². The van der Waals surface area contributed by atoms with Gasteiger partial charge in [0, 0.05) is 23.9 Å². The van der Waals surface area contributed by atoms with Crippen molar-refractivity contribution in [1.82, 2.24) is 4.31 Å². The molecule has 162 valence electrons. The average molecular weight is 458 g/mol. The predicted octanol–water partition coefficient (Wildman–Crippen LogP) is 5.65. The van der Waals surface area contributed by atoms with Gasteiger partial charge in [-0.05, 0) is 44.0 Å². The SMILES string of the molecule is Cc1ccc(S(=O)(=O)N2CC(C(F)(F)F)=C(c3ccccc3)[C@@H](C(C)(C)Cl)C2)cc1. The van der Waals surface area contributed by atoms with E-state index >= 15 is 0 Å². The van der Waals surface area contributed by atoms with E-state index in [4.69, 9.17) is 11.6 Å². The molecule has 0 spiro atoms. The van der Waals surface area contributed by atoms with Crippen LogP contribution in [0.25, 0.3) is 5.57 Å². The normalized spacial score (nSPS) is 19.2. The van der Waals surface area contributed by atoms with Gasteiger partial charge in [0.25, 0.3) is 0 Å². The van der Waals surface area contributed by atoms with E-state index in [1.807, 2.05) is 0 Å². The molecule has 2 aromatic rings. The fourth-order valence-corrected chi connectivity index (χ4v) is 5.27. The highest BCUT2D eigenvalue weighted by Gasteiger charge is 2.48. The molecule has 0 radical (unpaired) electrons. The number of hydrogen-bond acceptors (Lipinski definition) is 2. The summed E-state index contributed by atoms with van der Waals surface area (Å²) >= 11 is 6.53. The average Bonchev–Trinajstić information content (AvgIpc) is 2.66. The van der Waals surface area contributed by atoms with Crippen molar-refractivity contribution in [3.05, 3.63) is 71.3 Å². The third-order valence-electron chi connectivity index (χ3n) is 5.31. The Bertz CT molecular complexity index is 1040. The summed E-state index contributed by atoms with van der Waals surface area (Å²) in [7, 11) is -4.13. The Labute approximate surface area is 180 Å². The molecule has 2 aromatic carbocycles. The second kappa shape index (κ2) is 8.02. The number of nitrogens with zero attached hydrogens (tertiary/aromatic N) is 1. The predicted molar refractivity (Wildman–Crippen MR) is 113 cm³/mol. The summed E-state index contributed by atoms with van der Waals surface area (Å²) in [5.74, 6) is -0.854. The maximum Gasteiger partial charge on any atom is 0.414 e. The van der Waals surface area contributed by atoms with Gasteiger partial charge in [-0.25, -0.2) is 8.42 Å². The molecule has 0 saturated heterocycles. The van der Waals surface area contributed by atoms with Crippen LogP contribution in [0, 0.1) is 12.8 Å². The topological polar surface area (TPSA) is 37.4 Å².